The Bertz CT molecular complexity index is 1130. The van der Waals surface area contributed by atoms with Crippen LogP contribution in [0.5, 0.6) is 5.88 Å². The number of hydrogen-bond donors (Lipinski definition) is 0. The SMILES string of the molecule is O=C1O[C@@H](COc2ccon2)CN1c1cc(F)c(C2=CCN(Cc3nccs3)CC2)c(F)c1. The van der Waals surface area contributed by atoms with Crippen LogP contribution in [0.25, 0.3) is 5.57 Å². The van der Waals surface area contributed by atoms with Gasteiger partial charge in [-0.1, -0.05) is 6.08 Å². The lowest BCUT2D eigenvalue weighted by molar-refractivity contribution is 0.102. The monoisotopic (exact) mass is 474 g/mol. The zero-order valence-electron chi connectivity index (χ0n) is 17.4. The summed E-state index contributed by atoms with van der Waals surface area (Å²) in [5.41, 5.74) is 0.672. The molecule has 0 N–H and O–H groups in total. The minimum atomic E-state index is -0.709. The first kappa shape index (κ1) is 21.5. The Labute approximate surface area is 192 Å². The molecule has 0 spiro atoms. The highest BCUT2D eigenvalue weighted by molar-refractivity contribution is 7.09. The second-order valence-corrected chi connectivity index (χ2v) is 8.67. The number of amides is 1. The number of rotatable bonds is 7. The van der Waals surface area contributed by atoms with Crippen LogP contribution < -0.4 is 9.64 Å². The smallest absolute Gasteiger partial charge is 0.414 e. The van der Waals surface area contributed by atoms with Gasteiger partial charge in [0, 0.05) is 36.3 Å². The molecule has 2 aliphatic rings. The van der Waals surface area contributed by atoms with Crippen LogP contribution in [0.2, 0.25) is 0 Å². The quantitative estimate of drug-likeness (QED) is 0.510. The molecule has 2 aliphatic heterocycles. The molecule has 2 aromatic heterocycles. The average molecular weight is 474 g/mol. The van der Waals surface area contributed by atoms with Gasteiger partial charge in [0.1, 0.15) is 29.5 Å². The number of ether oxygens (including phenoxy) is 2. The van der Waals surface area contributed by atoms with Gasteiger partial charge in [0.15, 0.2) is 6.10 Å². The molecule has 0 aliphatic carbocycles. The zero-order valence-corrected chi connectivity index (χ0v) is 18.3. The van der Waals surface area contributed by atoms with E-state index in [1.807, 2.05) is 11.5 Å². The van der Waals surface area contributed by atoms with Gasteiger partial charge in [0.05, 0.1) is 18.8 Å². The Balaban J connectivity index is 1.26. The first-order valence-corrected chi connectivity index (χ1v) is 11.3. The average Bonchev–Trinajstić information content (AvgIpc) is 3.55. The van der Waals surface area contributed by atoms with Crippen molar-refractivity contribution in [3.05, 3.63) is 64.3 Å². The van der Waals surface area contributed by atoms with Crippen molar-refractivity contribution in [2.45, 2.75) is 19.1 Å². The van der Waals surface area contributed by atoms with E-state index in [4.69, 9.17) is 9.47 Å². The summed E-state index contributed by atoms with van der Waals surface area (Å²) in [5, 5.41) is 6.55. The van der Waals surface area contributed by atoms with Crippen LogP contribution in [0.15, 0.2) is 46.6 Å². The van der Waals surface area contributed by atoms with E-state index in [9.17, 15) is 13.6 Å². The first-order chi connectivity index (χ1) is 16.1. The van der Waals surface area contributed by atoms with Crippen molar-refractivity contribution < 1.29 is 27.6 Å². The third-order valence-electron chi connectivity index (χ3n) is 5.50. The number of hydrogen-bond acceptors (Lipinski definition) is 8. The largest absolute Gasteiger partial charge is 0.471 e. The molecule has 5 rings (SSSR count). The fourth-order valence-electron chi connectivity index (χ4n) is 3.90. The van der Waals surface area contributed by atoms with Crippen molar-refractivity contribution in [2.24, 2.45) is 0 Å². The first-order valence-electron chi connectivity index (χ1n) is 10.4. The second-order valence-electron chi connectivity index (χ2n) is 7.69. The summed E-state index contributed by atoms with van der Waals surface area (Å²) < 4.78 is 45.3. The summed E-state index contributed by atoms with van der Waals surface area (Å²) in [6.45, 7) is 2.12. The predicted molar refractivity (Wildman–Crippen MR) is 116 cm³/mol. The summed E-state index contributed by atoms with van der Waals surface area (Å²) in [6.07, 6.45) is 4.19. The number of halogens is 2. The number of nitrogens with zero attached hydrogens (tertiary/aromatic N) is 4. The van der Waals surface area contributed by atoms with Crippen LogP contribution in [-0.4, -0.2) is 53.5 Å². The molecule has 1 amide bonds. The normalized spacial score (nSPS) is 19.0. The van der Waals surface area contributed by atoms with Crippen molar-refractivity contribution in [3.8, 4) is 5.88 Å². The summed E-state index contributed by atoms with van der Waals surface area (Å²) in [7, 11) is 0. The predicted octanol–water partition coefficient (Wildman–Crippen LogP) is 4.10. The van der Waals surface area contributed by atoms with Gasteiger partial charge in [-0.3, -0.25) is 9.80 Å². The number of aromatic nitrogens is 2. The van der Waals surface area contributed by atoms with Crippen LogP contribution in [0.1, 0.15) is 17.0 Å². The van der Waals surface area contributed by atoms with Gasteiger partial charge in [-0.25, -0.2) is 18.6 Å². The molecule has 33 heavy (non-hydrogen) atoms. The molecule has 0 saturated carbocycles. The van der Waals surface area contributed by atoms with E-state index in [1.165, 1.54) is 29.4 Å². The van der Waals surface area contributed by atoms with Crippen LogP contribution in [0.4, 0.5) is 19.3 Å². The molecule has 172 valence electrons. The van der Waals surface area contributed by atoms with Gasteiger partial charge in [0.25, 0.3) is 5.88 Å². The number of carbonyl (C=O) groups is 1. The summed E-state index contributed by atoms with van der Waals surface area (Å²) in [5.74, 6) is -1.16. The molecule has 1 aromatic carbocycles. The van der Waals surface area contributed by atoms with Gasteiger partial charge in [-0.15, -0.1) is 11.3 Å². The molecule has 1 saturated heterocycles. The number of benzene rings is 1. The Morgan fingerprint density at radius 2 is 2.12 bits per heavy atom. The minimum Gasteiger partial charge on any atom is -0.471 e. The lowest BCUT2D eigenvalue weighted by atomic mass is 9.97. The van der Waals surface area contributed by atoms with Crippen LogP contribution in [0.3, 0.4) is 0 Å². The van der Waals surface area contributed by atoms with E-state index in [2.05, 4.69) is 19.6 Å². The third kappa shape index (κ3) is 4.74. The van der Waals surface area contributed by atoms with Gasteiger partial charge < -0.3 is 14.0 Å². The molecule has 0 bridgehead atoms. The molecule has 1 atom stereocenters. The number of thiazole rings is 1. The lowest BCUT2D eigenvalue weighted by Crippen LogP contribution is -2.28. The maximum Gasteiger partial charge on any atom is 0.414 e. The van der Waals surface area contributed by atoms with E-state index in [1.54, 1.807) is 17.5 Å². The van der Waals surface area contributed by atoms with Crippen molar-refractivity contribution in [1.29, 1.82) is 0 Å². The maximum absolute atomic E-state index is 15.0. The minimum absolute atomic E-state index is 0.0438. The standard InChI is InChI=1S/C22H20F2N4O4S/c23-17-9-15(28-11-16(32-22(28)29)13-30-19-3-7-31-26-19)10-18(24)21(17)14-1-5-27(6-2-14)12-20-25-4-8-33-20/h1,3-4,7-10,16H,2,5-6,11-13H2/t16-/m1/s1. The molecular weight excluding hydrogens is 454 g/mol. The van der Waals surface area contributed by atoms with Crippen LogP contribution in [-0.2, 0) is 11.3 Å². The molecule has 1 fully saturated rings. The highest BCUT2D eigenvalue weighted by Crippen LogP contribution is 2.32. The molecule has 4 heterocycles. The number of carbonyl (C=O) groups excluding carboxylic acids is 1. The van der Waals surface area contributed by atoms with E-state index >= 15 is 0 Å². The number of anilines is 1. The molecule has 8 nitrogen and oxygen atoms in total. The van der Waals surface area contributed by atoms with E-state index in [0.717, 1.165) is 5.01 Å². The Hall–Kier alpha value is -3.31. The van der Waals surface area contributed by atoms with Crippen molar-refractivity contribution in [3.63, 3.8) is 0 Å². The van der Waals surface area contributed by atoms with E-state index in [0.29, 0.717) is 31.6 Å². The maximum atomic E-state index is 15.0. The van der Waals surface area contributed by atoms with Crippen molar-refractivity contribution in [2.75, 3.05) is 31.1 Å². The fraction of sp³-hybridized carbons (Fsp3) is 0.318. The summed E-state index contributed by atoms with van der Waals surface area (Å²) >= 11 is 1.58. The molecule has 3 aromatic rings. The topological polar surface area (TPSA) is 80.9 Å². The molecule has 0 unspecified atom stereocenters. The molecular formula is C22H20F2N4O4S. The van der Waals surface area contributed by atoms with Crippen LogP contribution >= 0.6 is 11.3 Å². The van der Waals surface area contributed by atoms with Crippen LogP contribution in [0, 0.1) is 11.6 Å². The number of cyclic esters (lactones) is 1. The Morgan fingerprint density at radius 3 is 2.79 bits per heavy atom. The molecule has 11 heteroatoms. The Morgan fingerprint density at radius 1 is 1.27 bits per heavy atom. The lowest BCUT2D eigenvalue weighted by Gasteiger charge is -2.26. The van der Waals surface area contributed by atoms with E-state index in [-0.39, 0.29) is 30.3 Å². The van der Waals surface area contributed by atoms with E-state index < -0.39 is 23.8 Å². The van der Waals surface area contributed by atoms with Crippen molar-refractivity contribution >= 4 is 28.7 Å². The summed E-state index contributed by atoms with van der Waals surface area (Å²) in [6, 6.07) is 3.86. The second kappa shape index (κ2) is 9.28. The zero-order chi connectivity index (χ0) is 22.8. The highest BCUT2D eigenvalue weighted by atomic mass is 32.1. The van der Waals surface area contributed by atoms with Gasteiger partial charge >= 0.3 is 6.09 Å². The van der Waals surface area contributed by atoms with Gasteiger partial charge in [0.2, 0.25) is 0 Å². The third-order valence-corrected chi connectivity index (χ3v) is 6.26. The van der Waals surface area contributed by atoms with Crippen molar-refractivity contribution in [1.82, 2.24) is 15.0 Å². The van der Waals surface area contributed by atoms with Gasteiger partial charge in [-0.05, 0) is 29.3 Å². The highest BCUT2D eigenvalue weighted by Gasteiger charge is 2.34. The Kier molecular flexibility index (Phi) is 6.05. The van der Waals surface area contributed by atoms with Gasteiger partial charge in [-0.2, -0.15) is 0 Å². The molecule has 0 radical (unpaired) electrons. The fourth-order valence-corrected chi connectivity index (χ4v) is 4.56. The summed E-state index contributed by atoms with van der Waals surface area (Å²) in [4.78, 5) is 19.9.